The van der Waals surface area contributed by atoms with Gasteiger partial charge in [0.15, 0.2) is 0 Å². The van der Waals surface area contributed by atoms with E-state index in [1.807, 2.05) is 0 Å². The van der Waals surface area contributed by atoms with Crippen molar-refractivity contribution in [2.45, 2.75) is 25.7 Å². The molecule has 0 saturated carbocycles. The lowest BCUT2D eigenvalue weighted by Crippen LogP contribution is -2.21. The van der Waals surface area contributed by atoms with Gasteiger partial charge in [-0.25, -0.2) is 13.2 Å². The zero-order valence-corrected chi connectivity index (χ0v) is 11.1. The molecule has 0 bridgehead atoms. The molecule has 2 rings (SSSR count). The Kier molecular flexibility index (Phi) is 3.90. The second-order valence-electron chi connectivity index (χ2n) is 4.39. The van der Waals surface area contributed by atoms with Gasteiger partial charge in [-0.2, -0.15) is 0 Å². The van der Waals surface area contributed by atoms with Crippen LogP contribution in [0, 0.1) is 0 Å². The molecule has 0 fully saturated rings. The van der Waals surface area contributed by atoms with Gasteiger partial charge in [0.2, 0.25) is 0 Å². The summed E-state index contributed by atoms with van der Waals surface area (Å²) in [5.74, 6) is -1.15. The second-order valence-corrected chi connectivity index (χ2v) is 6.09. The van der Waals surface area contributed by atoms with Crippen molar-refractivity contribution < 1.29 is 18.3 Å². The third kappa shape index (κ3) is 3.14. The molecule has 0 radical (unpaired) electrons. The van der Waals surface area contributed by atoms with Crippen molar-refractivity contribution in [3.63, 3.8) is 0 Å². The monoisotopic (exact) mass is 281 g/mol. The molecule has 1 aliphatic rings. The summed E-state index contributed by atoms with van der Waals surface area (Å²) in [5.41, 5.74) is 0.444. The SMILES string of the molecule is O=C(O)C1=C(S(=O)(=O)Nc2ccccc2)CCCC1. The van der Waals surface area contributed by atoms with Gasteiger partial charge >= 0.3 is 5.97 Å². The molecule has 1 aromatic carbocycles. The van der Waals surface area contributed by atoms with Crippen LogP contribution in [0.3, 0.4) is 0 Å². The number of anilines is 1. The van der Waals surface area contributed by atoms with E-state index >= 15 is 0 Å². The van der Waals surface area contributed by atoms with Crippen molar-refractivity contribution in [2.24, 2.45) is 0 Å². The molecular weight excluding hydrogens is 266 g/mol. The first-order valence-corrected chi connectivity index (χ1v) is 7.52. The third-order valence-corrected chi connectivity index (χ3v) is 4.63. The smallest absolute Gasteiger partial charge is 0.332 e. The Hall–Kier alpha value is -1.82. The Balaban J connectivity index is 2.35. The van der Waals surface area contributed by atoms with Crippen LogP contribution in [0.15, 0.2) is 40.8 Å². The van der Waals surface area contributed by atoms with Crippen molar-refractivity contribution in [2.75, 3.05) is 4.72 Å². The first-order valence-electron chi connectivity index (χ1n) is 6.04. The van der Waals surface area contributed by atoms with Crippen LogP contribution in [0.5, 0.6) is 0 Å². The van der Waals surface area contributed by atoms with E-state index in [1.165, 1.54) is 0 Å². The van der Waals surface area contributed by atoms with Crippen LogP contribution in [0.2, 0.25) is 0 Å². The average molecular weight is 281 g/mol. The quantitative estimate of drug-likeness (QED) is 0.887. The average Bonchev–Trinajstić information content (AvgIpc) is 2.39. The fourth-order valence-electron chi connectivity index (χ4n) is 2.12. The summed E-state index contributed by atoms with van der Waals surface area (Å²) in [6.07, 6.45) is 2.00. The number of carboxylic acids is 1. The largest absolute Gasteiger partial charge is 0.478 e. The van der Waals surface area contributed by atoms with Crippen LogP contribution in [-0.4, -0.2) is 19.5 Å². The fraction of sp³-hybridized carbons (Fsp3) is 0.308. The van der Waals surface area contributed by atoms with Crippen molar-refractivity contribution in [1.82, 2.24) is 0 Å². The minimum atomic E-state index is -3.78. The number of para-hydroxylation sites is 1. The van der Waals surface area contributed by atoms with E-state index in [-0.39, 0.29) is 16.9 Å². The topological polar surface area (TPSA) is 83.5 Å². The zero-order chi connectivity index (χ0) is 13.9. The molecule has 5 nitrogen and oxygen atoms in total. The summed E-state index contributed by atoms with van der Waals surface area (Å²) in [7, 11) is -3.78. The molecular formula is C13H15NO4S. The Morgan fingerprint density at radius 1 is 1.11 bits per heavy atom. The Morgan fingerprint density at radius 3 is 2.37 bits per heavy atom. The van der Waals surface area contributed by atoms with E-state index in [4.69, 9.17) is 5.11 Å². The van der Waals surface area contributed by atoms with E-state index in [0.29, 0.717) is 24.9 Å². The van der Waals surface area contributed by atoms with Crippen LogP contribution < -0.4 is 4.72 Å². The molecule has 0 aliphatic heterocycles. The fourth-order valence-corrected chi connectivity index (χ4v) is 3.62. The van der Waals surface area contributed by atoms with Crippen LogP contribution >= 0.6 is 0 Å². The molecule has 0 aromatic heterocycles. The molecule has 2 N–H and O–H groups in total. The number of allylic oxidation sites excluding steroid dienone is 1. The summed E-state index contributed by atoms with van der Waals surface area (Å²) >= 11 is 0. The molecule has 0 saturated heterocycles. The van der Waals surface area contributed by atoms with Crippen molar-refractivity contribution in [1.29, 1.82) is 0 Å². The maximum absolute atomic E-state index is 12.2. The van der Waals surface area contributed by atoms with Crippen LogP contribution in [-0.2, 0) is 14.8 Å². The summed E-state index contributed by atoms with van der Waals surface area (Å²) in [6.45, 7) is 0. The molecule has 19 heavy (non-hydrogen) atoms. The number of nitrogens with one attached hydrogen (secondary N) is 1. The van der Waals surface area contributed by atoms with E-state index in [9.17, 15) is 13.2 Å². The standard InChI is InChI=1S/C13H15NO4S/c15-13(16)11-8-4-5-9-12(11)19(17,18)14-10-6-2-1-3-7-10/h1-3,6-7,14H,4-5,8-9H2,(H,15,16). The number of hydrogen-bond acceptors (Lipinski definition) is 3. The normalized spacial score (nSPS) is 16.2. The molecule has 6 heteroatoms. The number of carboxylic acid groups (broad SMARTS) is 1. The number of sulfonamides is 1. The van der Waals surface area contributed by atoms with Crippen molar-refractivity contribution in [3.8, 4) is 0 Å². The highest BCUT2D eigenvalue weighted by atomic mass is 32.2. The molecule has 0 atom stereocenters. The highest BCUT2D eigenvalue weighted by Crippen LogP contribution is 2.29. The van der Waals surface area contributed by atoms with Gasteiger partial charge in [-0.15, -0.1) is 0 Å². The van der Waals surface area contributed by atoms with E-state index in [2.05, 4.69) is 4.72 Å². The predicted octanol–water partition coefficient (Wildman–Crippen LogP) is 2.34. The van der Waals surface area contributed by atoms with Gasteiger partial charge in [0.05, 0.1) is 10.5 Å². The highest BCUT2D eigenvalue weighted by Gasteiger charge is 2.28. The molecule has 0 heterocycles. The van der Waals surface area contributed by atoms with E-state index < -0.39 is 16.0 Å². The van der Waals surface area contributed by atoms with Gasteiger partial charge < -0.3 is 5.11 Å². The first-order chi connectivity index (χ1) is 9.00. The van der Waals surface area contributed by atoms with Gasteiger partial charge in [-0.3, -0.25) is 4.72 Å². The maximum Gasteiger partial charge on any atom is 0.332 e. The lowest BCUT2D eigenvalue weighted by atomic mass is 9.99. The van der Waals surface area contributed by atoms with Crippen LogP contribution in [0.25, 0.3) is 0 Å². The first kappa shape index (κ1) is 13.6. The summed E-state index contributed by atoms with van der Waals surface area (Å²) < 4.78 is 26.9. The molecule has 0 amide bonds. The molecule has 0 spiro atoms. The number of hydrogen-bond donors (Lipinski definition) is 2. The van der Waals surface area contributed by atoms with Crippen LogP contribution in [0.1, 0.15) is 25.7 Å². The van der Waals surface area contributed by atoms with E-state index in [1.54, 1.807) is 30.3 Å². The zero-order valence-electron chi connectivity index (χ0n) is 10.3. The Labute approximate surface area is 112 Å². The number of benzene rings is 1. The Morgan fingerprint density at radius 2 is 1.74 bits per heavy atom. The minimum Gasteiger partial charge on any atom is -0.478 e. The summed E-state index contributed by atoms with van der Waals surface area (Å²) in [4.78, 5) is 11.1. The van der Waals surface area contributed by atoms with Crippen molar-refractivity contribution in [3.05, 3.63) is 40.8 Å². The lowest BCUT2D eigenvalue weighted by Gasteiger charge is -2.18. The maximum atomic E-state index is 12.2. The molecule has 1 aromatic rings. The van der Waals surface area contributed by atoms with Gasteiger partial charge in [-0.05, 0) is 37.8 Å². The number of aliphatic carboxylic acids is 1. The number of rotatable bonds is 4. The van der Waals surface area contributed by atoms with Crippen LogP contribution in [0.4, 0.5) is 5.69 Å². The summed E-state index contributed by atoms with van der Waals surface area (Å²) in [6, 6.07) is 8.46. The second kappa shape index (κ2) is 5.44. The number of carbonyl (C=O) groups is 1. The lowest BCUT2D eigenvalue weighted by molar-refractivity contribution is -0.132. The highest BCUT2D eigenvalue weighted by molar-refractivity contribution is 7.96. The molecule has 102 valence electrons. The van der Waals surface area contributed by atoms with Gasteiger partial charge in [-0.1, -0.05) is 18.2 Å². The predicted molar refractivity (Wildman–Crippen MR) is 72.1 cm³/mol. The molecule has 1 aliphatic carbocycles. The third-order valence-electron chi connectivity index (χ3n) is 3.03. The van der Waals surface area contributed by atoms with Gasteiger partial charge in [0, 0.05) is 5.69 Å². The molecule has 0 unspecified atom stereocenters. The van der Waals surface area contributed by atoms with Crippen molar-refractivity contribution >= 4 is 21.7 Å². The minimum absolute atomic E-state index is 0.00896. The van der Waals surface area contributed by atoms with Gasteiger partial charge in [0.25, 0.3) is 10.0 Å². The van der Waals surface area contributed by atoms with E-state index in [0.717, 1.165) is 0 Å². The van der Waals surface area contributed by atoms with Gasteiger partial charge in [0.1, 0.15) is 0 Å². The summed E-state index contributed by atoms with van der Waals surface area (Å²) in [5, 5.41) is 9.09. The Bertz CT molecular complexity index is 605.